The highest BCUT2D eigenvalue weighted by atomic mass is 16.5. The molecule has 0 N–H and O–H groups in total. The van der Waals surface area contributed by atoms with Crippen molar-refractivity contribution in [1.82, 2.24) is 19.6 Å². The fourth-order valence-corrected chi connectivity index (χ4v) is 3.60. The summed E-state index contributed by atoms with van der Waals surface area (Å²) in [7, 11) is 0. The minimum absolute atomic E-state index is 0.00761. The lowest BCUT2D eigenvalue weighted by Gasteiger charge is -2.23. The maximum atomic E-state index is 13.0. The average molecular weight is 352 g/mol. The van der Waals surface area contributed by atoms with Crippen molar-refractivity contribution in [3.8, 4) is 0 Å². The molecule has 7 nitrogen and oxygen atoms in total. The van der Waals surface area contributed by atoms with Gasteiger partial charge >= 0.3 is 0 Å². The van der Waals surface area contributed by atoms with Crippen LogP contribution in [0.15, 0.2) is 39.6 Å². The fourth-order valence-electron chi connectivity index (χ4n) is 3.60. The molecule has 1 aliphatic rings. The number of rotatable bonds is 3. The van der Waals surface area contributed by atoms with Crippen LogP contribution in [0.4, 0.5) is 0 Å². The first kappa shape index (κ1) is 16.5. The number of para-hydroxylation sites is 2. The maximum Gasteiger partial charge on any atom is 0.272 e. The highest BCUT2D eigenvalue weighted by Crippen LogP contribution is 2.32. The Balaban J connectivity index is 1.67. The lowest BCUT2D eigenvalue weighted by atomic mass is 10.1. The lowest BCUT2D eigenvalue weighted by molar-refractivity contribution is -0.133. The van der Waals surface area contributed by atoms with Crippen molar-refractivity contribution in [1.29, 1.82) is 0 Å². The molecule has 26 heavy (non-hydrogen) atoms. The third-order valence-corrected chi connectivity index (χ3v) is 4.86. The van der Waals surface area contributed by atoms with E-state index in [4.69, 9.17) is 4.52 Å². The molecule has 1 aliphatic heterocycles. The number of benzene rings is 1. The summed E-state index contributed by atoms with van der Waals surface area (Å²) in [5.74, 6) is 0.607. The molecule has 1 amide bonds. The first-order valence-electron chi connectivity index (χ1n) is 8.73. The predicted molar refractivity (Wildman–Crippen MR) is 95.7 cm³/mol. The smallest absolute Gasteiger partial charge is 0.272 e. The molecule has 1 saturated heterocycles. The van der Waals surface area contributed by atoms with Gasteiger partial charge in [-0.2, -0.15) is 0 Å². The van der Waals surface area contributed by atoms with Crippen molar-refractivity contribution in [2.75, 3.05) is 6.54 Å². The van der Waals surface area contributed by atoms with Gasteiger partial charge in [0.15, 0.2) is 5.76 Å². The molecule has 1 atom stereocenters. The molecule has 134 valence electrons. The third kappa shape index (κ3) is 2.79. The van der Waals surface area contributed by atoms with Crippen LogP contribution in [0, 0.1) is 13.8 Å². The SMILES string of the molecule is Cc1cc([C@@H]2CCCN2C(=O)Cn2c(=O)c(C)nc3ccccc32)on1. The van der Waals surface area contributed by atoms with Gasteiger partial charge in [0.25, 0.3) is 5.56 Å². The third-order valence-electron chi connectivity index (χ3n) is 4.86. The van der Waals surface area contributed by atoms with Crippen LogP contribution in [-0.2, 0) is 11.3 Å². The van der Waals surface area contributed by atoms with E-state index in [0.717, 1.165) is 18.5 Å². The summed E-state index contributed by atoms with van der Waals surface area (Å²) in [4.78, 5) is 31.7. The maximum absolute atomic E-state index is 13.0. The van der Waals surface area contributed by atoms with E-state index >= 15 is 0 Å². The van der Waals surface area contributed by atoms with Crippen molar-refractivity contribution in [3.05, 3.63) is 57.8 Å². The van der Waals surface area contributed by atoms with Crippen LogP contribution in [-0.4, -0.2) is 32.1 Å². The van der Waals surface area contributed by atoms with E-state index in [1.807, 2.05) is 37.3 Å². The van der Waals surface area contributed by atoms with Gasteiger partial charge in [0.2, 0.25) is 5.91 Å². The predicted octanol–water partition coefficient (Wildman–Crippen LogP) is 2.37. The summed E-state index contributed by atoms with van der Waals surface area (Å²) >= 11 is 0. The molecule has 3 aromatic rings. The Kier molecular flexibility index (Phi) is 4.06. The number of likely N-dealkylation sites (tertiary alicyclic amines) is 1. The normalized spacial score (nSPS) is 17.2. The van der Waals surface area contributed by atoms with E-state index in [0.29, 0.717) is 29.0 Å². The Morgan fingerprint density at radius 1 is 1.31 bits per heavy atom. The average Bonchev–Trinajstić information content (AvgIpc) is 3.27. The molecular formula is C19H20N4O3. The largest absolute Gasteiger partial charge is 0.359 e. The second-order valence-corrected chi connectivity index (χ2v) is 6.69. The summed E-state index contributed by atoms with van der Waals surface area (Å²) in [5, 5.41) is 3.93. The van der Waals surface area contributed by atoms with Gasteiger partial charge in [-0.15, -0.1) is 0 Å². The van der Waals surface area contributed by atoms with E-state index in [-0.39, 0.29) is 24.1 Å². The molecule has 3 heterocycles. The summed E-state index contributed by atoms with van der Waals surface area (Å²) in [6.45, 7) is 4.18. The van der Waals surface area contributed by atoms with Crippen molar-refractivity contribution >= 4 is 16.9 Å². The topological polar surface area (TPSA) is 81.2 Å². The summed E-state index contributed by atoms with van der Waals surface area (Å²) in [6.07, 6.45) is 1.74. The zero-order valence-electron chi connectivity index (χ0n) is 14.8. The Hall–Kier alpha value is -2.96. The van der Waals surface area contributed by atoms with E-state index in [1.165, 1.54) is 4.57 Å². The number of amides is 1. The van der Waals surface area contributed by atoms with Gasteiger partial charge < -0.3 is 9.42 Å². The minimum atomic E-state index is -0.233. The molecule has 1 fully saturated rings. The Labute approximate surface area is 150 Å². The van der Waals surface area contributed by atoms with Crippen molar-refractivity contribution in [3.63, 3.8) is 0 Å². The number of hydrogen-bond acceptors (Lipinski definition) is 5. The molecule has 0 spiro atoms. The number of carbonyl (C=O) groups excluding carboxylic acids is 1. The fraction of sp³-hybridized carbons (Fsp3) is 0.368. The number of aryl methyl sites for hydroxylation is 2. The van der Waals surface area contributed by atoms with Gasteiger partial charge in [-0.25, -0.2) is 4.98 Å². The molecule has 2 aromatic heterocycles. The van der Waals surface area contributed by atoms with E-state index in [1.54, 1.807) is 11.8 Å². The van der Waals surface area contributed by atoms with Gasteiger partial charge in [-0.3, -0.25) is 14.2 Å². The number of fused-ring (bicyclic) bond motifs is 1. The van der Waals surface area contributed by atoms with Gasteiger partial charge in [-0.1, -0.05) is 17.3 Å². The minimum Gasteiger partial charge on any atom is -0.359 e. The molecular weight excluding hydrogens is 332 g/mol. The van der Waals surface area contributed by atoms with Crippen molar-refractivity contribution in [2.24, 2.45) is 0 Å². The number of nitrogens with zero attached hydrogens (tertiary/aromatic N) is 4. The second-order valence-electron chi connectivity index (χ2n) is 6.69. The standard InChI is InChI=1S/C19H20N4O3/c1-12-10-17(26-21-12)16-8-5-9-22(16)18(24)11-23-15-7-4-3-6-14(15)20-13(2)19(23)25/h3-4,6-7,10,16H,5,8-9,11H2,1-2H3/t16-/m0/s1. The highest BCUT2D eigenvalue weighted by molar-refractivity contribution is 5.80. The van der Waals surface area contributed by atoms with Crippen LogP contribution < -0.4 is 5.56 Å². The molecule has 7 heteroatoms. The second kappa shape index (κ2) is 6.40. The Morgan fingerprint density at radius 3 is 2.88 bits per heavy atom. The molecule has 0 bridgehead atoms. The monoisotopic (exact) mass is 352 g/mol. The Bertz CT molecular complexity index is 1040. The van der Waals surface area contributed by atoms with E-state index < -0.39 is 0 Å². The summed E-state index contributed by atoms with van der Waals surface area (Å²) in [6, 6.07) is 9.13. The molecule has 0 radical (unpaired) electrons. The van der Waals surface area contributed by atoms with Crippen molar-refractivity contribution in [2.45, 2.75) is 39.3 Å². The highest BCUT2D eigenvalue weighted by Gasteiger charge is 2.33. The zero-order chi connectivity index (χ0) is 18.3. The summed E-state index contributed by atoms with van der Waals surface area (Å²) in [5.41, 5.74) is 2.33. The number of aromatic nitrogens is 3. The molecule has 0 saturated carbocycles. The van der Waals surface area contributed by atoms with Gasteiger partial charge in [0.05, 0.1) is 22.8 Å². The van der Waals surface area contributed by atoms with Crippen LogP contribution in [0.2, 0.25) is 0 Å². The van der Waals surface area contributed by atoms with Gasteiger partial charge in [0, 0.05) is 12.6 Å². The van der Waals surface area contributed by atoms with Crippen molar-refractivity contribution < 1.29 is 9.32 Å². The summed E-state index contributed by atoms with van der Waals surface area (Å²) < 4.78 is 6.88. The Morgan fingerprint density at radius 2 is 2.12 bits per heavy atom. The first-order valence-corrected chi connectivity index (χ1v) is 8.73. The molecule has 4 rings (SSSR count). The number of hydrogen-bond donors (Lipinski definition) is 0. The first-order chi connectivity index (χ1) is 12.5. The van der Waals surface area contributed by atoms with Crippen LogP contribution in [0.5, 0.6) is 0 Å². The van der Waals surface area contributed by atoms with Crippen LogP contribution in [0.3, 0.4) is 0 Å². The van der Waals surface area contributed by atoms with Crippen LogP contribution >= 0.6 is 0 Å². The molecule has 0 aliphatic carbocycles. The lowest BCUT2D eigenvalue weighted by Crippen LogP contribution is -2.37. The molecule has 1 aromatic carbocycles. The van der Waals surface area contributed by atoms with E-state index in [2.05, 4.69) is 10.1 Å². The quantitative estimate of drug-likeness (QED) is 0.723. The van der Waals surface area contributed by atoms with Gasteiger partial charge in [-0.05, 0) is 38.8 Å². The number of carbonyl (C=O) groups is 1. The zero-order valence-corrected chi connectivity index (χ0v) is 14.8. The van der Waals surface area contributed by atoms with Crippen LogP contribution in [0.25, 0.3) is 11.0 Å². The van der Waals surface area contributed by atoms with E-state index in [9.17, 15) is 9.59 Å². The van der Waals surface area contributed by atoms with Crippen LogP contribution in [0.1, 0.15) is 36.0 Å². The van der Waals surface area contributed by atoms with Gasteiger partial charge in [0.1, 0.15) is 12.2 Å². The molecule has 0 unspecified atom stereocenters.